The van der Waals surface area contributed by atoms with Gasteiger partial charge < -0.3 is 9.64 Å². The first-order chi connectivity index (χ1) is 9.04. The summed E-state index contributed by atoms with van der Waals surface area (Å²) in [5.41, 5.74) is 0.381. The van der Waals surface area contributed by atoms with Crippen LogP contribution in [0.1, 0.15) is 6.92 Å². The summed E-state index contributed by atoms with van der Waals surface area (Å²) in [7, 11) is 0. The number of ether oxygens (including phenoxy) is 1. The van der Waals surface area contributed by atoms with E-state index >= 15 is 0 Å². The van der Waals surface area contributed by atoms with Crippen LogP contribution in [0.15, 0.2) is 24.3 Å². The maximum Gasteiger partial charge on any atom is 0.326 e. The van der Waals surface area contributed by atoms with Crippen LogP contribution in [0.5, 0.6) is 0 Å². The lowest BCUT2D eigenvalue weighted by molar-refractivity contribution is -0.152. The van der Waals surface area contributed by atoms with Crippen LogP contribution >= 0.6 is 0 Å². The Morgan fingerprint density at radius 2 is 2.00 bits per heavy atom. The van der Waals surface area contributed by atoms with Gasteiger partial charge >= 0.3 is 5.97 Å². The zero-order chi connectivity index (χ0) is 14.0. The molecule has 1 aliphatic heterocycles. The van der Waals surface area contributed by atoms with E-state index in [1.54, 1.807) is 6.92 Å². The highest BCUT2D eigenvalue weighted by atomic mass is 19.1. The Bertz CT molecular complexity index is 526. The Labute approximate surface area is 109 Å². The summed E-state index contributed by atoms with van der Waals surface area (Å²) >= 11 is 0. The molecule has 0 aliphatic carbocycles. The SMILES string of the molecule is CCOC(=O)[C@@H]1C(=O)CN(c2ccc(F)cc2)C1=O. The van der Waals surface area contributed by atoms with Gasteiger partial charge in [0.25, 0.3) is 0 Å². The zero-order valence-electron chi connectivity index (χ0n) is 10.3. The van der Waals surface area contributed by atoms with Crippen LogP contribution < -0.4 is 4.90 Å². The van der Waals surface area contributed by atoms with Gasteiger partial charge in [0, 0.05) is 5.69 Å². The van der Waals surface area contributed by atoms with Crippen molar-refractivity contribution in [1.82, 2.24) is 0 Å². The number of hydrogen-bond acceptors (Lipinski definition) is 4. The second kappa shape index (κ2) is 5.17. The van der Waals surface area contributed by atoms with Crippen molar-refractivity contribution >= 4 is 23.3 Å². The third-order valence-electron chi connectivity index (χ3n) is 2.81. The Morgan fingerprint density at radius 3 is 2.58 bits per heavy atom. The summed E-state index contributed by atoms with van der Waals surface area (Å²) in [5.74, 6) is -3.81. The van der Waals surface area contributed by atoms with Crippen molar-refractivity contribution in [3.8, 4) is 0 Å². The van der Waals surface area contributed by atoms with Crippen LogP contribution in [0.4, 0.5) is 10.1 Å². The van der Waals surface area contributed by atoms with Gasteiger partial charge in [0.2, 0.25) is 5.91 Å². The van der Waals surface area contributed by atoms with Gasteiger partial charge in [-0.2, -0.15) is 0 Å². The summed E-state index contributed by atoms with van der Waals surface area (Å²) in [6.07, 6.45) is 0. The molecule has 1 saturated heterocycles. The van der Waals surface area contributed by atoms with Gasteiger partial charge in [-0.3, -0.25) is 14.4 Å². The lowest BCUT2D eigenvalue weighted by atomic mass is 10.1. The molecule has 0 aromatic heterocycles. The average Bonchev–Trinajstić information content (AvgIpc) is 2.66. The van der Waals surface area contributed by atoms with Gasteiger partial charge in [0.1, 0.15) is 5.82 Å². The number of benzene rings is 1. The minimum Gasteiger partial charge on any atom is -0.465 e. The van der Waals surface area contributed by atoms with Gasteiger partial charge in [-0.25, -0.2) is 4.39 Å². The molecule has 1 atom stereocenters. The molecule has 100 valence electrons. The average molecular weight is 265 g/mol. The van der Waals surface area contributed by atoms with Crippen LogP contribution in [0.2, 0.25) is 0 Å². The lowest BCUT2D eigenvalue weighted by Gasteiger charge is -2.15. The van der Waals surface area contributed by atoms with E-state index in [9.17, 15) is 18.8 Å². The third kappa shape index (κ3) is 2.47. The van der Waals surface area contributed by atoms with E-state index < -0.39 is 29.4 Å². The van der Waals surface area contributed by atoms with Gasteiger partial charge in [0.15, 0.2) is 11.7 Å². The number of nitrogens with zero attached hydrogens (tertiary/aromatic N) is 1. The van der Waals surface area contributed by atoms with E-state index in [-0.39, 0.29) is 13.2 Å². The molecule has 0 N–H and O–H groups in total. The predicted molar refractivity (Wildman–Crippen MR) is 63.9 cm³/mol. The van der Waals surface area contributed by atoms with Gasteiger partial charge in [-0.15, -0.1) is 0 Å². The minimum atomic E-state index is -1.40. The predicted octanol–water partition coefficient (Wildman–Crippen LogP) is 0.921. The van der Waals surface area contributed by atoms with E-state index in [2.05, 4.69) is 0 Å². The van der Waals surface area contributed by atoms with E-state index in [0.29, 0.717) is 5.69 Å². The second-order valence-electron chi connectivity index (χ2n) is 4.05. The third-order valence-corrected chi connectivity index (χ3v) is 2.81. The second-order valence-corrected chi connectivity index (χ2v) is 4.05. The first kappa shape index (κ1) is 13.2. The lowest BCUT2D eigenvalue weighted by Crippen LogP contribution is -2.32. The van der Waals surface area contributed by atoms with Crippen LogP contribution in [-0.2, 0) is 19.1 Å². The van der Waals surface area contributed by atoms with Gasteiger partial charge in [-0.05, 0) is 31.2 Å². The molecule has 19 heavy (non-hydrogen) atoms. The summed E-state index contributed by atoms with van der Waals surface area (Å²) < 4.78 is 17.5. The highest BCUT2D eigenvalue weighted by Gasteiger charge is 2.45. The Balaban J connectivity index is 2.22. The number of anilines is 1. The normalized spacial score (nSPS) is 18.8. The van der Waals surface area contributed by atoms with Crippen molar-refractivity contribution in [2.75, 3.05) is 18.1 Å². The molecule has 2 rings (SSSR count). The zero-order valence-corrected chi connectivity index (χ0v) is 10.3. The molecular weight excluding hydrogens is 253 g/mol. The highest BCUT2D eigenvalue weighted by molar-refractivity contribution is 6.27. The topological polar surface area (TPSA) is 63.7 Å². The van der Waals surface area contributed by atoms with Crippen molar-refractivity contribution in [1.29, 1.82) is 0 Å². The molecule has 0 spiro atoms. The van der Waals surface area contributed by atoms with Crippen molar-refractivity contribution in [3.05, 3.63) is 30.1 Å². The molecule has 0 unspecified atom stereocenters. The number of Topliss-reactive ketones (excluding diaryl/α,β-unsaturated/α-hetero) is 1. The van der Waals surface area contributed by atoms with E-state index in [0.717, 1.165) is 4.90 Å². The number of esters is 1. The summed E-state index contributed by atoms with van der Waals surface area (Å²) in [6.45, 7) is 1.50. The molecule has 5 nitrogen and oxygen atoms in total. The van der Waals surface area contributed by atoms with Crippen molar-refractivity contribution in [2.45, 2.75) is 6.92 Å². The molecule has 1 aromatic rings. The molecule has 6 heteroatoms. The Kier molecular flexibility index (Phi) is 3.59. The standard InChI is InChI=1S/C13H12FNO4/c1-2-19-13(18)11-10(16)7-15(12(11)17)9-5-3-8(14)4-6-9/h3-6,11H,2,7H2,1H3/t11-/m1/s1. The molecule has 1 fully saturated rings. The van der Waals surface area contributed by atoms with Crippen molar-refractivity contribution in [2.24, 2.45) is 5.92 Å². The Morgan fingerprint density at radius 1 is 1.37 bits per heavy atom. The van der Waals surface area contributed by atoms with Gasteiger partial charge in [-0.1, -0.05) is 0 Å². The quantitative estimate of drug-likeness (QED) is 0.602. The van der Waals surface area contributed by atoms with Crippen molar-refractivity contribution < 1.29 is 23.5 Å². The van der Waals surface area contributed by atoms with Crippen molar-refractivity contribution in [3.63, 3.8) is 0 Å². The largest absolute Gasteiger partial charge is 0.465 e. The minimum absolute atomic E-state index is 0.104. The van der Waals surface area contributed by atoms with E-state index in [4.69, 9.17) is 4.74 Å². The molecule has 1 heterocycles. The van der Waals surface area contributed by atoms with Crippen LogP contribution in [-0.4, -0.2) is 30.8 Å². The summed E-state index contributed by atoms with van der Waals surface area (Å²) in [6, 6.07) is 5.14. The van der Waals surface area contributed by atoms with Crippen LogP contribution in [0.25, 0.3) is 0 Å². The smallest absolute Gasteiger partial charge is 0.326 e. The van der Waals surface area contributed by atoms with Crippen LogP contribution in [0, 0.1) is 11.7 Å². The Hall–Kier alpha value is -2.24. The number of rotatable bonds is 3. The fraction of sp³-hybridized carbons (Fsp3) is 0.308. The van der Waals surface area contributed by atoms with E-state index in [1.807, 2.05) is 0 Å². The van der Waals surface area contributed by atoms with Crippen LogP contribution in [0.3, 0.4) is 0 Å². The molecule has 1 amide bonds. The maximum atomic E-state index is 12.8. The monoisotopic (exact) mass is 265 g/mol. The first-order valence-electron chi connectivity index (χ1n) is 5.81. The number of amides is 1. The molecule has 1 aliphatic rings. The maximum absolute atomic E-state index is 12.8. The number of hydrogen-bond donors (Lipinski definition) is 0. The number of ketones is 1. The molecular formula is C13H12FNO4. The fourth-order valence-electron chi connectivity index (χ4n) is 1.92. The molecule has 0 saturated carbocycles. The molecule has 1 aromatic carbocycles. The van der Waals surface area contributed by atoms with Gasteiger partial charge in [0.05, 0.1) is 13.2 Å². The van der Waals surface area contributed by atoms with E-state index in [1.165, 1.54) is 24.3 Å². The summed E-state index contributed by atoms with van der Waals surface area (Å²) in [5, 5.41) is 0. The molecule has 0 bridgehead atoms. The molecule has 0 radical (unpaired) electrons. The number of carbonyl (C=O) groups is 3. The highest BCUT2D eigenvalue weighted by Crippen LogP contribution is 2.24. The number of carbonyl (C=O) groups excluding carboxylic acids is 3. The summed E-state index contributed by atoms with van der Waals surface area (Å²) in [4.78, 5) is 36.4. The number of halogens is 1. The fourth-order valence-corrected chi connectivity index (χ4v) is 1.92. The first-order valence-corrected chi connectivity index (χ1v) is 5.81.